The zero-order valence-corrected chi connectivity index (χ0v) is 12.8. The molecule has 2 aromatic rings. The van der Waals surface area contributed by atoms with E-state index in [2.05, 4.69) is 4.98 Å². The second kappa shape index (κ2) is 6.15. The molecule has 1 aliphatic heterocycles. The fraction of sp³-hybridized carbons (Fsp3) is 0.118. The number of imide groups is 1. The molecule has 0 saturated carbocycles. The van der Waals surface area contributed by atoms with E-state index in [4.69, 9.17) is 0 Å². The molecule has 1 aromatic carbocycles. The van der Waals surface area contributed by atoms with Crippen LogP contribution in [0, 0.1) is 6.92 Å². The first-order chi connectivity index (χ1) is 10.6. The summed E-state index contributed by atoms with van der Waals surface area (Å²) in [5, 5.41) is -0.235. The van der Waals surface area contributed by atoms with Gasteiger partial charge in [0.25, 0.3) is 11.1 Å². The molecule has 0 unspecified atom stereocenters. The summed E-state index contributed by atoms with van der Waals surface area (Å²) in [4.78, 5) is 30.2. The normalized spacial score (nSPS) is 16.6. The maximum Gasteiger partial charge on any atom is 0.293 e. The first kappa shape index (κ1) is 14.5. The highest BCUT2D eigenvalue weighted by atomic mass is 32.2. The van der Waals surface area contributed by atoms with Crippen LogP contribution in [0.15, 0.2) is 53.7 Å². The van der Waals surface area contributed by atoms with Crippen LogP contribution in [0.3, 0.4) is 0 Å². The first-order valence-electron chi connectivity index (χ1n) is 6.84. The standard InChI is InChI=1S/C17H14N2O2S/c1-12-4-2-5-14(8-12)11-19-16(20)15(22-17(19)21)9-13-6-3-7-18-10-13/h2-10H,11H2,1H3/b15-9-. The van der Waals surface area contributed by atoms with Crippen LogP contribution < -0.4 is 0 Å². The van der Waals surface area contributed by atoms with Crippen molar-refractivity contribution >= 4 is 29.0 Å². The number of thioether (sulfide) groups is 1. The van der Waals surface area contributed by atoms with Crippen LogP contribution in [0.4, 0.5) is 4.79 Å². The second-order valence-electron chi connectivity index (χ2n) is 5.04. The number of nitrogens with zero attached hydrogens (tertiary/aromatic N) is 2. The molecule has 4 nitrogen and oxygen atoms in total. The Hall–Kier alpha value is -2.40. The monoisotopic (exact) mass is 310 g/mol. The highest BCUT2D eigenvalue weighted by molar-refractivity contribution is 8.18. The number of pyridine rings is 1. The zero-order valence-electron chi connectivity index (χ0n) is 12.0. The van der Waals surface area contributed by atoms with Crippen molar-refractivity contribution in [2.45, 2.75) is 13.5 Å². The summed E-state index contributed by atoms with van der Waals surface area (Å²) in [6.45, 7) is 2.29. The topological polar surface area (TPSA) is 50.3 Å². The van der Waals surface area contributed by atoms with Crippen molar-refractivity contribution in [3.05, 3.63) is 70.4 Å². The van der Waals surface area contributed by atoms with Gasteiger partial charge < -0.3 is 0 Å². The molecule has 2 heterocycles. The smallest absolute Gasteiger partial charge is 0.268 e. The Labute approximate surface area is 132 Å². The van der Waals surface area contributed by atoms with E-state index in [0.29, 0.717) is 11.4 Å². The second-order valence-corrected chi connectivity index (χ2v) is 6.04. The Kier molecular flexibility index (Phi) is 4.06. The Morgan fingerprint density at radius 3 is 2.82 bits per heavy atom. The van der Waals surface area contributed by atoms with E-state index in [1.54, 1.807) is 24.5 Å². The van der Waals surface area contributed by atoms with Gasteiger partial charge in [-0.15, -0.1) is 0 Å². The van der Waals surface area contributed by atoms with Crippen LogP contribution in [-0.4, -0.2) is 21.0 Å². The van der Waals surface area contributed by atoms with Crippen molar-refractivity contribution in [1.29, 1.82) is 0 Å². The molecule has 0 radical (unpaired) electrons. The van der Waals surface area contributed by atoms with Crippen LogP contribution in [0.5, 0.6) is 0 Å². The number of hydrogen-bond donors (Lipinski definition) is 0. The van der Waals surface area contributed by atoms with Crippen molar-refractivity contribution in [2.24, 2.45) is 0 Å². The predicted molar refractivity (Wildman–Crippen MR) is 86.9 cm³/mol. The molecule has 0 spiro atoms. The SMILES string of the molecule is Cc1cccc(CN2C(=O)S/C(=C\c3cccnc3)C2=O)c1. The fourth-order valence-corrected chi connectivity index (χ4v) is 3.08. The third-order valence-corrected chi connectivity index (χ3v) is 4.19. The number of hydrogen-bond acceptors (Lipinski definition) is 4. The minimum absolute atomic E-state index is 0.235. The van der Waals surface area contributed by atoms with Gasteiger partial charge in [0.15, 0.2) is 0 Å². The Bertz CT molecular complexity index is 756. The summed E-state index contributed by atoms with van der Waals surface area (Å²) in [5.74, 6) is -0.250. The van der Waals surface area contributed by atoms with Crippen molar-refractivity contribution in [3.63, 3.8) is 0 Å². The summed E-state index contributed by atoms with van der Waals surface area (Å²) in [7, 11) is 0. The van der Waals surface area contributed by atoms with Gasteiger partial charge in [0.05, 0.1) is 11.4 Å². The molecule has 5 heteroatoms. The molecule has 110 valence electrons. The molecule has 0 bridgehead atoms. The largest absolute Gasteiger partial charge is 0.293 e. The van der Waals surface area contributed by atoms with Crippen LogP contribution in [0.25, 0.3) is 6.08 Å². The molecule has 0 atom stereocenters. The lowest BCUT2D eigenvalue weighted by molar-refractivity contribution is -0.123. The number of carbonyl (C=O) groups is 2. The maximum absolute atomic E-state index is 12.4. The number of aromatic nitrogens is 1. The molecule has 1 saturated heterocycles. The van der Waals surface area contributed by atoms with Gasteiger partial charge in [-0.1, -0.05) is 35.9 Å². The fourth-order valence-electron chi connectivity index (χ4n) is 2.24. The summed E-state index contributed by atoms with van der Waals surface area (Å²) in [6, 6.07) is 11.5. The van der Waals surface area contributed by atoms with E-state index in [1.807, 2.05) is 37.3 Å². The predicted octanol–water partition coefficient (Wildman–Crippen LogP) is 3.63. The average Bonchev–Trinajstić information content (AvgIpc) is 2.76. The number of rotatable bonds is 3. The average molecular weight is 310 g/mol. The Balaban J connectivity index is 1.81. The highest BCUT2D eigenvalue weighted by Crippen LogP contribution is 2.33. The van der Waals surface area contributed by atoms with Crippen LogP contribution >= 0.6 is 11.8 Å². The van der Waals surface area contributed by atoms with E-state index in [1.165, 1.54) is 4.90 Å². The molecule has 0 N–H and O–H groups in total. The van der Waals surface area contributed by atoms with Gasteiger partial charge in [-0.05, 0) is 42.0 Å². The van der Waals surface area contributed by atoms with E-state index in [0.717, 1.165) is 28.5 Å². The van der Waals surface area contributed by atoms with Gasteiger partial charge in [-0.3, -0.25) is 19.5 Å². The lowest BCUT2D eigenvalue weighted by Crippen LogP contribution is -2.27. The number of amides is 2. The summed E-state index contributed by atoms with van der Waals surface area (Å²) in [5.41, 5.74) is 2.86. The van der Waals surface area contributed by atoms with E-state index in [-0.39, 0.29) is 11.1 Å². The van der Waals surface area contributed by atoms with Crippen LogP contribution in [0.2, 0.25) is 0 Å². The third-order valence-electron chi connectivity index (χ3n) is 3.28. The molecule has 0 aliphatic carbocycles. The Morgan fingerprint density at radius 1 is 1.23 bits per heavy atom. The van der Waals surface area contributed by atoms with E-state index < -0.39 is 0 Å². The minimum atomic E-state index is -0.250. The number of carbonyl (C=O) groups excluding carboxylic acids is 2. The van der Waals surface area contributed by atoms with Gasteiger partial charge in [0.2, 0.25) is 0 Å². The zero-order chi connectivity index (χ0) is 15.5. The Morgan fingerprint density at radius 2 is 2.09 bits per heavy atom. The van der Waals surface area contributed by atoms with Crippen molar-refractivity contribution in [1.82, 2.24) is 9.88 Å². The minimum Gasteiger partial charge on any atom is -0.268 e. The van der Waals surface area contributed by atoms with E-state index >= 15 is 0 Å². The summed E-state index contributed by atoms with van der Waals surface area (Å²) < 4.78 is 0. The molecule has 22 heavy (non-hydrogen) atoms. The molecule has 1 aliphatic rings. The quantitative estimate of drug-likeness (QED) is 0.812. The molecular formula is C17H14N2O2S. The first-order valence-corrected chi connectivity index (χ1v) is 7.66. The maximum atomic E-state index is 12.4. The summed E-state index contributed by atoms with van der Waals surface area (Å²) in [6.07, 6.45) is 5.03. The lowest BCUT2D eigenvalue weighted by Gasteiger charge is -2.12. The van der Waals surface area contributed by atoms with Gasteiger partial charge in [-0.25, -0.2) is 0 Å². The molecule has 1 aromatic heterocycles. The van der Waals surface area contributed by atoms with Crippen molar-refractivity contribution in [2.75, 3.05) is 0 Å². The molecular weight excluding hydrogens is 296 g/mol. The van der Waals surface area contributed by atoms with Gasteiger partial charge in [-0.2, -0.15) is 0 Å². The molecule has 3 rings (SSSR count). The van der Waals surface area contributed by atoms with Gasteiger partial charge >= 0.3 is 0 Å². The molecule has 2 amide bonds. The summed E-state index contributed by atoms with van der Waals surface area (Å²) >= 11 is 0.971. The van der Waals surface area contributed by atoms with Gasteiger partial charge in [0, 0.05) is 12.4 Å². The highest BCUT2D eigenvalue weighted by Gasteiger charge is 2.34. The van der Waals surface area contributed by atoms with Crippen LogP contribution in [-0.2, 0) is 11.3 Å². The lowest BCUT2D eigenvalue weighted by atomic mass is 10.1. The number of aryl methyl sites for hydroxylation is 1. The molecule has 1 fully saturated rings. The van der Waals surface area contributed by atoms with Crippen molar-refractivity contribution in [3.8, 4) is 0 Å². The third kappa shape index (κ3) is 3.09. The number of benzene rings is 1. The van der Waals surface area contributed by atoms with E-state index in [9.17, 15) is 9.59 Å². The van der Waals surface area contributed by atoms with Gasteiger partial charge in [0.1, 0.15) is 0 Å². The van der Waals surface area contributed by atoms with Crippen LogP contribution in [0.1, 0.15) is 16.7 Å². The van der Waals surface area contributed by atoms with Crippen molar-refractivity contribution < 1.29 is 9.59 Å².